The van der Waals surface area contributed by atoms with Crippen LogP contribution in [-0.2, 0) is 21.4 Å². The molecule has 0 radical (unpaired) electrons. The van der Waals surface area contributed by atoms with E-state index in [-0.39, 0.29) is 12.5 Å². The fourth-order valence-electron chi connectivity index (χ4n) is 3.70. The van der Waals surface area contributed by atoms with E-state index in [2.05, 4.69) is 5.32 Å². The lowest BCUT2D eigenvalue weighted by Crippen LogP contribution is -2.50. The zero-order valence-electron chi connectivity index (χ0n) is 15.5. The zero-order chi connectivity index (χ0) is 19.3. The number of amides is 1. The van der Waals surface area contributed by atoms with Gasteiger partial charge in [-0.05, 0) is 36.5 Å². The monoisotopic (exact) mass is 367 g/mol. The van der Waals surface area contributed by atoms with Crippen molar-refractivity contribution in [2.75, 3.05) is 13.7 Å². The molecule has 1 fully saturated rings. The number of methoxy groups -OCH3 is 1. The summed E-state index contributed by atoms with van der Waals surface area (Å²) in [6.07, 6.45) is 2.91. The van der Waals surface area contributed by atoms with E-state index in [1.165, 1.54) is 0 Å². The van der Waals surface area contributed by atoms with Crippen LogP contribution in [0, 0.1) is 5.92 Å². The molecule has 3 rings (SSSR count). The molecule has 1 aliphatic rings. The summed E-state index contributed by atoms with van der Waals surface area (Å²) in [6, 6.07) is 17.1. The van der Waals surface area contributed by atoms with E-state index >= 15 is 0 Å². The van der Waals surface area contributed by atoms with Crippen molar-refractivity contribution in [1.29, 1.82) is 0 Å². The van der Waals surface area contributed by atoms with Crippen LogP contribution >= 0.6 is 0 Å². The Kier molecular flexibility index (Phi) is 5.79. The first-order chi connectivity index (χ1) is 13.1. The number of para-hydroxylation sites is 1. The highest BCUT2D eigenvalue weighted by atomic mass is 16.5. The van der Waals surface area contributed by atoms with E-state index in [0.717, 1.165) is 30.4 Å². The number of benzene rings is 2. The minimum atomic E-state index is -0.927. The van der Waals surface area contributed by atoms with E-state index in [0.29, 0.717) is 12.2 Å². The van der Waals surface area contributed by atoms with E-state index in [4.69, 9.17) is 4.74 Å². The molecular formula is C22H25NO4. The van der Waals surface area contributed by atoms with Crippen LogP contribution in [0.5, 0.6) is 5.75 Å². The molecule has 1 saturated carbocycles. The molecule has 5 heteroatoms. The number of carbonyl (C=O) groups is 2. The second-order valence-electron chi connectivity index (χ2n) is 7.06. The van der Waals surface area contributed by atoms with Gasteiger partial charge in [-0.2, -0.15) is 0 Å². The molecule has 2 aromatic rings. The Morgan fingerprint density at radius 3 is 2.37 bits per heavy atom. The number of carboxylic acids is 1. The quantitative estimate of drug-likeness (QED) is 0.751. The molecule has 142 valence electrons. The van der Waals surface area contributed by atoms with Crippen molar-refractivity contribution in [3.8, 4) is 5.75 Å². The predicted molar refractivity (Wildman–Crippen MR) is 103 cm³/mol. The number of ether oxygens (including phenoxy) is 1. The minimum Gasteiger partial charge on any atom is -0.496 e. The van der Waals surface area contributed by atoms with Crippen LogP contribution in [0.1, 0.15) is 30.4 Å². The summed E-state index contributed by atoms with van der Waals surface area (Å²) in [4.78, 5) is 24.6. The van der Waals surface area contributed by atoms with Crippen molar-refractivity contribution >= 4 is 11.9 Å². The van der Waals surface area contributed by atoms with Gasteiger partial charge >= 0.3 is 5.97 Å². The molecule has 0 heterocycles. The normalized spacial score (nSPS) is 16.0. The van der Waals surface area contributed by atoms with Gasteiger partial charge in [0.15, 0.2) is 0 Å². The van der Waals surface area contributed by atoms with Crippen LogP contribution in [0.15, 0.2) is 54.6 Å². The van der Waals surface area contributed by atoms with Crippen LogP contribution in [0.2, 0.25) is 0 Å². The summed E-state index contributed by atoms with van der Waals surface area (Å²) in [6.45, 7) is 0.0980. The molecule has 0 aliphatic heterocycles. The first kappa shape index (κ1) is 19.0. The summed E-state index contributed by atoms with van der Waals surface area (Å²) < 4.78 is 5.31. The number of aliphatic carboxylic acids is 1. The van der Waals surface area contributed by atoms with E-state index in [1.54, 1.807) is 7.11 Å². The predicted octanol–water partition coefficient (Wildman–Crippen LogP) is 3.18. The molecule has 0 aromatic heterocycles. The fraction of sp³-hybridized carbons (Fsp3) is 0.364. The molecule has 0 saturated heterocycles. The van der Waals surface area contributed by atoms with E-state index < -0.39 is 17.3 Å². The number of rotatable bonds is 8. The van der Waals surface area contributed by atoms with Crippen LogP contribution < -0.4 is 10.1 Å². The lowest BCUT2D eigenvalue weighted by Gasteiger charge is -2.41. The van der Waals surface area contributed by atoms with Crippen molar-refractivity contribution in [3.05, 3.63) is 65.7 Å². The molecule has 0 bridgehead atoms. The van der Waals surface area contributed by atoms with Crippen molar-refractivity contribution in [2.45, 2.75) is 31.1 Å². The second kappa shape index (κ2) is 8.25. The van der Waals surface area contributed by atoms with Gasteiger partial charge in [-0.15, -0.1) is 0 Å². The third kappa shape index (κ3) is 3.97. The van der Waals surface area contributed by atoms with E-state index in [9.17, 15) is 14.7 Å². The van der Waals surface area contributed by atoms with Gasteiger partial charge < -0.3 is 15.2 Å². The topological polar surface area (TPSA) is 75.6 Å². The summed E-state index contributed by atoms with van der Waals surface area (Å²) in [5, 5.41) is 12.5. The van der Waals surface area contributed by atoms with Crippen molar-refractivity contribution in [2.24, 2.45) is 5.92 Å². The summed E-state index contributed by atoms with van der Waals surface area (Å²) in [5.74, 6) is -1.05. The third-order valence-corrected chi connectivity index (χ3v) is 5.49. The van der Waals surface area contributed by atoms with Gasteiger partial charge in [-0.3, -0.25) is 9.59 Å². The van der Waals surface area contributed by atoms with Crippen LogP contribution in [0.25, 0.3) is 0 Å². The molecule has 2 aromatic carbocycles. The maximum atomic E-state index is 12.9. The standard InChI is InChI=1S/C22H25NO4/c1-27-19-11-6-5-8-16(19)14-17(20(24)25)15-23-21(26)22(12-7-13-22)18-9-3-2-4-10-18/h2-6,8-11,17H,7,12-15H2,1H3,(H,23,26)(H,24,25). The molecule has 1 aliphatic carbocycles. The largest absolute Gasteiger partial charge is 0.496 e. The molecule has 1 unspecified atom stereocenters. The van der Waals surface area contributed by atoms with Crippen molar-refractivity contribution in [3.63, 3.8) is 0 Å². The highest BCUT2D eigenvalue weighted by Gasteiger charge is 2.45. The van der Waals surface area contributed by atoms with Gasteiger partial charge in [-0.25, -0.2) is 0 Å². The second-order valence-corrected chi connectivity index (χ2v) is 7.06. The Morgan fingerprint density at radius 1 is 1.11 bits per heavy atom. The van der Waals surface area contributed by atoms with Gasteiger partial charge in [-0.1, -0.05) is 55.0 Å². The Morgan fingerprint density at radius 2 is 1.78 bits per heavy atom. The third-order valence-electron chi connectivity index (χ3n) is 5.49. The number of nitrogens with one attached hydrogen (secondary N) is 1. The lowest BCUT2D eigenvalue weighted by atomic mass is 9.64. The highest BCUT2D eigenvalue weighted by molar-refractivity contribution is 5.89. The zero-order valence-corrected chi connectivity index (χ0v) is 15.5. The fourth-order valence-corrected chi connectivity index (χ4v) is 3.70. The Labute approximate surface area is 159 Å². The molecule has 0 spiro atoms. The molecule has 1 amide bonds. The molecule has 27 heavy (non-hydrogen) atoms. The Balaban J connectivity index is 1.69. The van der Waals surface area contributed by atoms with Gasteiger partial charge in [0.1, 0.15) is 5.75 Å². The molecule has 1 atom stereocenters. The average Bonchev–Trinajstić information content (AvgIpc) is 2.65. The smallest absolute Gasteiger partial charge is 0.308 e. The lowest BCUT2D eigenvalue weighted by molar-refractivity contribution is -0.141. The van der Waals surface area contributed by atoms with Gasteiger partial charge in [0, 0.05) is 6.54 Å². The first-order valence-corrected chi connectivity index (χ1v) is 9.25. The van der Waals surface area contributed by atoms with E-state index in [1.807, 2.05) is 54.6 Å². The Hall–Kier alpha value is -2.82. The summed E-state index contributed by atoms with van der Waals surface area (Å²) in [5.41, 5.74) is 1.31. The maximum absolute atomic E-state index is 12.9. The number of carbonyl (C=O) groups excluding carboxylic acids is 1. The molecular weight excluding hydrogens is 342 g/mol. The SMILES string of the molecule is COc1ccccc1CC(CNC(=O)C1(c2ccccc2)CCC1)C(=O)O. The number of carboxylic acid groups (broad SMARTS) is 1. The van der Waals surface area contributed by atoms with Crippen LogP contribution in [0.4, 0.5) is 0 Å². The highest BCUT2D eigenvalue weighted by Crippen LogP contribution is 2.43. The molecule has 5 nitrogen and oxygen atoms in total. The Bertz CT molecular complexity index is 799. The summed E-state index contributed by atoms with van der Waals surface area (Å²) in [7, 11) is 1.57. The maximum Gasteiger partial charge on any atom is 0.308 e. The van der Waals surface area contributed by atoms with Crippen LogP contribution in [0.3, 0.4) is 0 Å². The van der Waals surface area contributed by atoms with Gasteiger partial charge in [0.25, 0.3) is 0 Å². The van der Waals surface area contributed by atoms with Gasteiger partial charge in [0.05, 0.1) is 18.4 Å². The first-order valence-electron chi connectivity index (χ1n) is 9.25. The average molecular weight is 367 g/mol. The van der Waals surface area contributed by atoms with Crippen molar-refractivity contribution < 1.29 is 19.4 Å². The van der Waals surface area contributed by atoms with Crippen LogP contribution in [-0.4, -0.2) is 30.6 Å². The van der Waals surface area contributed by atoms with Crippen molar-refractivity contribution in [1.82, 2.24) is 5.32 Å². The number of hydrogen-bond donors (Lipinski definition) is 2. The summed E-state index contributed by atoms with van der Waals surface area (Å²) >= 11 is 0. The molecule has 2 N–H and O–H groups in total. The minimum absolute atomic E-state index is 0.0776. The number of hydrogen-bond acceptors (Lipinski definition) is 3. The van der Waals surface area contributed by atoms with Gasteiger partial charge in [0.2, 0.25) is 5.91 Å².